The van der Waals surface area contributed by atoms with E-state index in [0.717, 1.165) is 11.6 Å². The Balaban J connectivity index is 2.08. The number of ether oxygens (including phenoxy) is 1. The zero-order chi connectivity index (χ0) is 25.3. The van der Waals surface area contributed by atoms with Crippen LogP contribution in [0.25, 0.3) is 0 Å². The van der Waals surface area contributed by atoms with E-state index in [2.05, 4.69) is 10.6 Å². The van der Waals surface area contributed by atoms with Crippen molar-refractivity contribution in [2.45, 2.75) is 25.3 Å². The summed E-state index contributed by atoms with van der Waals surface area (Å²) in [4.78, 5) is 35.1. The van der Waals surface area contributed by atoms with Crippen molar-refractivity contribution in [1.82, 2.24) is 10.6 Å². The second-order valence-corrected chi connectivity index (χ2v) is 8.03. The van der Waals surface area contributed by atoms with E-state index in [-0.39, 0.29) is 36.0 Å². The van der Waals surface area contributed by atoms with E-state index in [9.17, 15) is 19.7 Å². The summed E-state index contributed by atoms with van der Waals surface area (Å²) in [6.07, 6.45) is 0.969. The first-order chi connectivity index (χ1) is 16.1. The number of halogens is 2. The molecule has 0 aliphatic rings. The second kappa shape index (κ2) is 12.6. The summed E-state index contributed by atoms with van der Waals surface area (Å²) in [5.74, 6) is -1.71. The SMILES string of the molecule is N=C(N)NCCCC(NC(=O)c1ccc([N+](=O)[O-])c(OCCc2ccc(Cl)cc2Cl)c1)C(N)=O. The lowest BCUT2D eigenvalue weighted by Crippen LogP contribution is -2.45. The van der Waals surface area contributed by atoms with Crippen LogP contribution in [-0.2, 0) is 11.2 Å². The van der Waals surface area contributed by atoms with Crippen molar-refractivity contribution in [3.63, 3.8) is 0 Å². The van der Waals surface area contributed by atoms with Crippen molar-refractivity contribution < 1.29 is 19.2 Å². The van der Waals surface area contributed by atoms with Crippen LogP contribution in [0.5, 0.6) is 5.75 Å². The summed E-state index contributed by atoms with van der Waals surface area (Å²) in [5.41, 5.74) is 11.0. The molecule has 2 aromatic rings. The van der Waals surface area contributed by atoms with Gasteiger partial charge in [-0.2, -0.15) is 0 Å². The number of nitrogens with one attached hydrogen (secondary N) is 3. The molecular formula is C21H24Cl2N6O5. The molecule has 0 saturated carbocycles. The Morgan fingerprint density at radius 1 is 1.18 bits per heavy atom. The van der Waals surface area contributed by atoms with Gasteiger partial charge in [0.1, 0.15) is 6.04 Å². The number of carbonyl (C=O) groups is 2. The predicted octanol–water partition coefficient (Wildman–Crippen LogP) is 2.37. The third-order valence-electron chi connectivity index (χ3n) is 4.70. The van der Waals surface area contributed by atoms with Gasteiger partial charge < -0.3 is 26.8 Å². The summed E-state index contributed by atoms with van der Waals surface area (Å²) >= 11 is 12.0. The number of amides is 2. The molecule has 7 N–H and O–H groups in total. The molecule has 0 aliphatic carbocycles. The Kier molecular flexibility index (Phi) is 9.90. The molecule has 2 aromatic carbocycles. The molecule has 11 nitrogen and oxygen atoms in total. The van der Waals surface area contributed by atoms with Crippen molar-refractivity contribution in [2.24, 2.45) is 11.5 Å². The van der Waals surface area contributed by atoms with Gasteiger partial charge in [0.25, 0.3) is 5.91 Å². The predicted molar refractivity (Wildman–Crippen MR) is 128 cm³/mol. The number of benzene rings is 2. The molecule has 2 amide bonds. The van der Waals surface area contributed by atoms with Crippen LogP contribution in [0.1, 0.15) is 28.8 Å². The number of primary amides is 1. The molecule has 1 unspecified atom stereocenters. The van der Waals surface area contributed by atoms with Crippen LogP contribution in [-0.4, -0.2) is 41.9 Å². The zero-order valence-corrected chi connectivity index (χ0v) is 19.5. The Hall–Kier alpha value is -3.57. The quantitative estimate of drug-likeness (QED) is 0.0951. The van der Waals surface area contributed by atoms with Crippen LogP contribution in [0, 0.1) is 15.5 Å². The third kappa shape index (κ3) is 8.09. The van der Waals surface area contributed by atoms with Gasteiger partial charge in [0.15, 0.2) is 11.7 Å². The van der Waals surface area contributed by atoms with Crippen molar-refractivity contribution in [2.75, 3.05) is 13.2 Å². The fraction of sp³-hybridized carbons (Fsp3) is 0.286. The van der Waals surface area contributed by atoms with Gasteiger partial charge >= 0.3 is 5.69 Å². The van der Waals surface area contributed by atoms with Crippen LogP contribution in [0.3, 0.4) is 0 Å². The molecule has 0 aliphatic heterocycles. The molecule has 13 heteroatoms. The van der Waals surface area contributed by atoms with E-state index in [4.69, 9.17) is 44.8 Å². The Morgan fingerprint density at radius 3 is 2.53 bits per heavy atom. The molecule has 2 rings (SSSR count). The van der Waals surface area contributed by atoms with Crippen LogP contribution in [0.2, 0.25) is 10.0 Å². The van der Waals surface area contributed by atoms with Crippen LogP contribution < -0.4 is 26.8 Å². The number of nitrogens with zero attached hydrogens (tertiary/aromatic N) is 1. The van der Waals surface area contributed by atoms with Gasteiger partial charge in [-0.15, -0.1) is 0 Å². The Bertz CT molecular complexity index is 1080. The lowest BCUT2D eigenvalue weighted by atomic mass is 10.1. The first-order valence-corrected chi connectivity index (χ1v) is 10.9. The van der Waals surface area contributed by atoms with E-state index < -0.39 is 22.8 Å². The molecule has 0 saturated heterocycles. The Labute approximate surface area is 205 Å². The van der Waals surface area contributed by atoms with E-state index >= 15 is 0 Å². The number of nitro groups is 1. The van der Waals surface area contributed by atoms with E-state index in [1.807, 2.05) is 0 Å². The number of rotatable bonds is 12. The van der Waals surface area contributed by atoms with E-state index in [1.165, 1.54) is 12.1 Å². The van der Waals surface area contributed by atoms with Gasteiger partial charge in [0.2, 0.25) is 5.91 Å². The average Bonchev–Trinajstić information content (AvgIpc) is 2.76. The third-order valence-corrected chi connectivity index (χ3v) is 5.28. The van der Waals surface area contributed by atoms with Crippen molar-refractivity contribution in [3.8, 4) is 5.75 Å². The zero-order valence-electron chi connectivity index (χ0n) is 18.0. The Morgan fingerprint density at radius 2 is 1.91 bits per heavy atom. The van der Waals surface area contributed by atoms with E-state index in [0.29, 0.717) is 29.4 Å². The van der Waals surface area contributed by atoms with Gasteiger partial charge in [-0.1, -0.05) is 29.3 Å². The van der Waals surface area contributed by atoms with Crippen LogP contribution >= 0.6 is 23.2 Å². The number of guanidine groups is 1. The van der Waals surface area contributed by atoms with Gasteiger partial charge in [0.05, 0.1) is 11.5 Å². The maximum Gasteiger partial charge on any atom is 0.310 e. The molecule has 0 bridgehead atoms. The standard InChI is InChI=1S/C21H24Cl2N6O5/c22-14-5-3-12(15(23)11-14)7-9-34-18-10-13(4-6-17(18)29(32)33)20(31)28-16(19(24)30)2-1-8-27-21(25)26/h3-6,10-11,16H,1-2,7-9H2,(H2,24,30)(H,28,31)(H4,25,26,27). The topological polar surface area (TPSA) is 186 Å². The van der Waals surface area contributed by atoms with Crippen LogP contribution in [0.15, 0.2) is 36.4 Å². The number of hydrogen-bond acceptors (Lipinski definition) is 6. The first kappa shape index (κ1) is 26.7. The number of nitro benzene ring substituents is 1. The molecule has 0 spiro atoms. The summed E-state index contributed by atoms with van der Waals surface area (Å²) < 4.78 is 5.59. The normalized spacial score (nSPS) is 11.4. The molecule has 182 valence electrons. The summed E-state index contributed by atoms with van der Waals surface area (Å²) in [5, 5.41) is 24.5. The minimum Gasteiger partial charge on any atom is -0.486 e. The van der Waals surface area contributed by atoms with Gasteiger partial charge in [-0.3, -0.25) is 25.1 Å². The molecule has 34 heavy (non-hydrogen) atoms. The average molecular weight is 511 g/mol. The fourth-order valence-electron chi connectivity index (χ4n) is 2.97. The van der Waals surface area contributed by atoms with Crippen LogP contribution in [0.4, 0.5) is 5.69 Å². The highest BCUT2D eigenvalue weighted by Gasteiger charge is 2.22. The molecule has 0 heterocycles. The second-order valence-electron chi connectivity index (χ2n) is 7.18. The highest BCUT2D eigenvalue weighted by molar-refractivity contribution is 6.35. The first-order valence-electron chi connectivity index (χ1n) is 10.1. The summed E-state index contributed by atoms with van der Waals surface area (Å²) in [6.45, 7) is 0.377. The monoisotopic (exact) mass is 510 g/mol. The summed E-state index contributed by atoms with van der Waals surface area (Å²) in [7, 11) is 0. The van der Waals surface area contributed by atoms with Crippen molar-refractivity contribution in [3.05, 3.63) is 67.7 Å². The number of nitrogens with two attached hydrogens (primary N) is 2. The maximum atomic E-state index is 12.7. The maximum absolute atomic E-state index is 12.7. The minimum absolute atomic E-state index is 0.0539. The lowest BCUT2D eigenvalue weighted by molar-refractivity contribution is -0.385. The van der Waals surface area contributed by atoms with Gasteiger partial charge in [-0.25, -0.2) is 0 Å². The molecule has 0 radical (unpaired) electrons. The van der Waals surface area contributed by atoms with Crippen molar-refractivity contribution in [1.29, 1.82) is 5.41 Å². The lowest BCUT2D eigenvalue weighted by Gasteiger charge is -2.16. The fourth-order valence-corrected chi connectivity index (χ4v) is 3.48. The largest absolute Gasteiger partial charge is 0.486 e. The highest BCUT2D eigenvalue weighted by Crippen LogP contribution is 2.29. The van der Waals surface area contributed by atoms with Gasteiger partial charge in [0, 0.05) is 40.7 Å². The van der Waals surface area contributed by atoms with Crippen molar-refractivity contribution >= 4 is 46.7 Å². The molecule has 1 atom stereocenters. The minimum atomic E-state index is -0.979. The number of carbonyl (C=O) groups excluding carboxylic acids is 2. The molecule has 0 fully saturated rings. The molecular weight excluding hydrogens is 487 g/mol. The smallest absolute Gasteiger partial charge is 0.310 e. The van der Waals surface area contributed by atoms with E-state index in [1.54, 1.807) is 18.2 Å². The highest BCUT2D eigenvalue weighted by atomic mass is 35.5. The molecule has 0 aromatic heterocycles. The number of hydrogen-bond donors (Lipinski definition) is 5. The summed E-state index contributed by atoms with van der Waals surface area (Å²) in [6, 6.07) is 7.63. The van der Waals surface area contributed by atoms with Gasteiger partial charge in [-0.05, 0) is 36.6 Å².